The third-order valence-corrected chi connectivity index (χ3v) is 3.50. The molecular weight excluding hydrogens is 334 g/mol. The van der Waals surface area contributed by atoms with Crippen LogP contribution < -0.4 is 10.1 Å². The van der Waals surface area contributed by atoms with Crippen molar-refractivity contribution in [1.82, 2.24) is 4.98 Å². The summed E-state index contributed by atoms with van der Waals surface area (Å²) in [5.41, 5.74) is 1.56. The predicted molar refractivity (Wildman–Crippen MR) is 91.0 cm³/mol. The van der Waals surface area contributed by atoms with E-state index in [2.05, 4.69) is 10.3 Å². The molecule has 2 rings (SSSR count). The van der Waals surface area contributed by atoms with Crippen LogP contribution in [0.2, 0.25) is 5.02 Å². The minimum absolute atomic E-state index is 0.0989. The van der Waals surface area contributed by atoms with E-state index in [9.17, 15) is 14.9 Å². The molecule has 1 aromatic carbocycles. The summed E-state index contributed by atoms with van der Waals surface area (Å²) in [4.78, 5) is 26.3. The third kappa shape index (κ3) is 3.99. The van der Waals surface area contributed by atoms with Gasteiger partial charge in [-0.25, -0.2) is 4.98 Å². The number of esters is 1. The van der Waals surface area contributed by atoms with Gasteiger partial charge in [0, 0.05) is 23.4 Å². The molecule has 8 heteroatoms. The molecule has 0 spiro atoms. The Morgan fingerprint density at radius 2 is 2.08 bits per heavy atom. The van der Waals surface area contributed by atoms with E-state index in [-0.39, 0.29) is 28.7 Å². The maximum Gasteiger partial charge on any atom is 0.314 e. The SMILES string of the molecule is CCC(=O)Oc1ccc(Nc2nc(C)cc(C)c2[N+](=O)[O-])cc1Cl. The summed E-state index contributed by atoms with van der Waals surface area (Å²) in [6.07, 6.45) is 0.231. The molecule has 24 heavy (non-hydrogen) atoms. The van der Waals surface area contributed by atoms with Gasteiger partial charge in [-0.1, -0.05) is 18.5 Å². The van der Waals surface area contributed by atoms with E-state index in [0.29, 0.717) is 16.9 Å². The van der Waals surface area contributed by atoms with Crippen molar-refractivity contribution < 1.29 is 14.5 Å². The van der Waals surface area contributed by atoms with Crippen LogP contribution in [-0.4, -0.2) is 15.9 Å². The number of pyridine rings is 1. The average molecular weight is 350 g/mol. The number of halogens is 1. The van der Waals surface area contributed by atoms with Gasteiger partial charge in [0.05, 0.1) is 9.95 Å². The summed E-state index contributed by atoms with van der Waals surface area (Å²) >= 11 is 6.09. The summed E-state index contributed by atoms with van der Waals surface area (Å²) in [6, 6.07) is 6.28. The lowest BCUT2D eigenvalue weighted by Crippen LogP contribution is -2.06. The Bertz CT molecular complexity index is 808. The lowest BCUT2D eigenvalue weighted by molar-refractivity contribution is -0.384. The van der Waals surface area contributed by atoms with Crippen molar-refractivity contribution in [3.63, 3.8) is 0 Å². The second-order valence-electron chi connectivity index (χ2n) is 5.13. The van der Waals surface area contributed by atoms with Crippen molar-refractivity contribution in [3.8, 4) is 5.75 Å². The number of aromatic nitrogens is 1. The fourth-order valence-electron chi connectivity index (χ4n) is 2.14. The Kier molecular flexibility index (Phi) is 5.35. The molecule has 0 unspecified atom stereocenters. The molecule has 2 aromatic rings. The summed E-state index contributed by atoms with van der Waals surface area (Å²) in [5, 5.41) is 14.4. The fourth-order valence-corrected chi connectivity index (χ4v) is 2.36. The van der Waals surface area contributed by atoms with E-state index < -0.39 is 10.9 Å². The Labute approximate surface area is 143 Å². The monoisotopic (exact) mass is 349 g/mol. The molecule has 1 aromatic heterocycles. The zero-order valence-electron chi connectivity index (χ0n) is 13.4. The topological polar surface area (TPSA) is 94.4 Å². The van der Waals surface area contributed by atoms with Crippen LogP contribution in [0.3, 0.4) is 0 Å². The number of carbonyl (C=O) groups is 1. The normalized spacial score (nSPS) is 10.3. The molecule has 0 aliphatic carbocycles. The number of rotatable bonds is 5. The van der Waals surface area contributed by atoms with Crippen LogP contribution >= 0.6 is 11.6 Å². The number of benzene rings is 1. The number of anilines is 2. The van der Waals surface area contributed by atoms with Gasteiger partial charge in [0.15, 0.2) is 0 Å². The molecule has 0 bridgehead atoms. The maximum atomic E-state index is 11.3. The summed E-state index contributed by atoms with van der Waals surface area (Å²) in [6.45, 7) is 5.08. The number of nitrogens with zero attached hydrogens (tertiary/aromatic N) is 2. The third-order valence-electron chi connectivity index (χ3n) is 3.20. The van der Waals surface area contributed by atoms with E-state index in [4.69, 9.17) is 16.3 Å². The quantitative estimate of drug-likeness (QED) is 0.374. The summed E-state index contributed by atoms with van der Waals surface area (Å²) < 4.78 is 5.08. The Balaban J connectivity index is 2.34. The average Bonchev–Trinajstić information content (AvgIpc) is 2.48. The van der Waals surface area contributed by atoms with Gasteiger partial charge in [-0.05, 0) is 38.1 Å². The van der Waals surface area contributed by atoms with Crippen LogP contribution in [-0.2, 0) is 4.79 Å². The molecule has 0 fully saturated rings. The van der Waals surface area contributed by atoms with Crippen LogP contribution in [0.15, 0.2) is 24.3 Å². The van der Waals surface area contributed by atoms with Gasteiger partial charge >= 0.3 is 11.7 Å². The van der Waals surface area contributed by atoms with Gasteiger partial charge in [0.2, 0.25) is 5.82 Å². The first-order chi connectivity index (χ1) is 11.3. The van der Waals surface area contributed by atoms with Crippen LogP contribution in [0.5, 0.6) is 5.75 Å². The van der Waals surface area contributed by atoms with Crippen LogP contribution in [0, 0.1) is 24.0 Å². The highest BCUT2D eigenvalue weighted by atomic mass is 35.5. The summed E-state index contributed by atoms with van der Waals surface area (Å²) in [7, 11) is 0. The van der Waals surface area contributed by atoms with E-state index >= 15 is 0 Å². The molecule has 0 amide bonds. The molecule has 1 N–H and O–H groups in total. The molecule has 7 nitrogen and oxygen atoms in total. The molecule has 0 aliphatic rings. The molecule has 0 saturated heterocycles. The first-order valence-corrected chi connectivity index (χ1v) is 7.59. The minimum Gasteiger partial charge on any atom is -0.425 e. The largest absolute Gasteiger partial charge is 0.425 e. The minimum atomic E-state index is -0.483. The van der Waals surface area contributed by atoms with Crippen molar-refractivity contribution in [2.45, 2.75) is 27.2 Å². The van der Waals surface area contributed by atoms with Gasteiger partial charge in [-0.15, -0.1) is 0 Å². The van der Waals surface area contributed by atoms with Gasteiger partial charge in [-0.2, -0.15) is 0 Å². The van der Waals surface area contributed by atoms with Crippen molar-refractivity contribution in [1.29, 1.82) is 0 Å². The second kappa shape index (κ2) is 7.27. The van der Waals surface area contributed by atoms with Gasteiger partial charge < -0.3 is 10.1 Å². The highest BCUT2D eigenvalue weighted by molar-refractivity contribution is 6.32. The zero-order valence-corrected chi connectivity index (χ0v) is 14.2. The van der Waals surface area contributed by atoms with Gasteiger partial charge in [-0.3, -0.25) is 14.9 Å². The van der Waals surface area contributed by atoms with Gasteiger partial charge in [0.25, 0.3) is 0 Å². The molecule has 0 atom stereocenters. The maximum absolute atomic E-state index is 11.3. The zero-order chi connectivity index (χ0) is 17.9. The molecule has 0 radical (unpaired) electrons. The van der Waals surface area contributed by atoms with Crippen molar-refractivity contribution >= 4 is 34.8 Å². The molecule has 0 aliphatic heterocycles. The van der Waals surface area contributed by atoms with Crippen molar-refractivity contribution in [2.75, 3.05) is 5.32 Å². The van der Waals surface area contributed by atoms with E-state index in [0.717, 1.165) is 0 Å². The van der Waals surface area contributed by atoms with Gasteiger partial charge in [0.1, 0.15) is 5.75 Å². The standard InChI is InChI=1S/C16H16ClN3O4/c1-4-14(21)24-13-6-5-11(8-12(13)17)19-16-15(20(22)23)9(2)7-10(3)18-16/h5-8H,4H2,1-3H3,(H,18,19). The Morgan fingerprint density at radius 3 is 2.67 bits per heavy atom. The number of aryl methyl sites for hydroxylation is 2. The molecule has 126 valence electrons. The molecule has 1 heterocycles. The number of carbonyl (C=O) groups excluding carboxylic acids is 1. The number of nitrogens with one attached hydrogen (secondary N) is 1. The fraction of sp³-hybridized carbons (Fsp3) is 0.250. The Hall–Kier alpha value is -2.67. The second-order valence-corrected chi connectivity index (χ2v) is 5.54. The number of hydrogen-bond acceptors (Lipinski definition) is 6. The first-order valence-electron chi connectivity index (χ1n) is 7.21. The lowest BCUT2D eigenvalue weighted by Gasteiger charge is -2.11. The molecular formula is C16H16ClN3O4. The van der Waals surface area contributed by atoms with Crippen molar-refractivity contribution in [2.24, 2.45) is 0 Å². The highest BCUT2D eigenvalue weighted by Crippen LogP contribution is 2.33. The van der Waals surface area contributed by atoms with Crippen molar-refractivity contribution in [3.05, 3.63) is 50.7 Å². The molecule has 0 saturated carbocycles. The summed E-state index contributed by atoms with van der Waals surface area (Å²) in [5.74, 6) is -0.0342. The van der Waals surface area contributed by atoms with E-state index in [1.54, 1.807) is 32.9 Å². The predicted octanol–water partition coefficient (Wildman–Crippen LogP) is 4.32. The van der Waals surface area contributed by atoms with E-state index in [1.807, 2.05) is 0 Å². The number of nitro groups is 1. The van der Waals surface area contributed by atoms with Crippen LogP contribution in [0.1, 0.15) is 24.6 Å². The smallest absolute Gasteiger partial charge is 0.314 e. The number of ether oxygens (including phenoxy) is 1. The number of hydrogen-bond donors (Lipinski definition) is 1. The Morgan fingerprint density at radius 1 is 1.38 bits per heavy atom. The lowest BCUT2D eigenvalue weighted by atomic mass is 10.2. The van der Waals surface area contributed by atoms with Crippen LogP contribution in [0.25, 0.3) is 0 Å². The highest BCUT2D eigenvalue weighted by Gasteiger charge is 2.20. The van der Waals surface area contributed by atoms with E-state index in [1.165, 1.54) is 12.1 Å². The first kappa shape index (κ1) is 17.7. The van der Waals surface area contributed by atoms with Crippen LogP contribution in [0.4, 0.5) is 17.2 Å².